The van der Waals surface area contributed by atoms with E-state index in [2.05, 4.69) is 33.6 Å². The van der Waals surface area contributed by atoms with Crippen LogP contribution in [0.15, 0.2) is 48.9 Å². The van der Waals surface area contributed by atoms with Crippen LogP contribution in [-0.2, 0) is 0 Å². The van der Waals surface area contributed by atoms with Crippen LogP contribution in [0.3, 0.4) is 0 Å². The van der Waals surface area contributed by atoms with E-state index in [0.29, 0.717) is 11.5 Å². The second-order valence-corrected chi connectivity index (χ2v) is 3.79. The highest BCUT2D eigenvalue weighted by atomic mass is 19.1. The van der Waals surface area contributed by atoms with Crippen LogP contribution in [0.1, 0.15) is 40.5 Å². The van der Waals surface area contributed by atoms with Gasteiger partial charge in [-0.3, -0.25) is 0 Å². The molecule has 0 spiro atoms. The van der Waals surface area contributed by atoms with E-state index in [9.17, 15) is 4.39 Å². The maximum atomic E-state index is 12.8. The summed E-state index contributed by atoms with van der Waals surface area (Å²) >= 11 is 0. The summed E-state index contributed by atoms with van der Waals surface area (Å²) in [6, 6.07) is 0. The first-order valence-electron chi connectivity index (χ1n) is 5.84. The van der Waals surface area contributed by atoms with Gasteiger partial charge in [0.2, 0.25) is 0 Å². The van der Waals surface area contributed by atoms with Crippen LogP contribution < -0.4 is 0 Å². The maximum absolute atomic E-state index is 12.8. The zero-order chi connectivity index (χ0) is 13.1. The van der Waals surface area contributed by atoms with Crippen molar-refractivity contribution in [2.24, 2.45) is 5.92 Å². The van der Waals surface area contributed by atoms with E-state index in [4.69, 9.17) is 0 Å². The van der Waals surface area contributed by atoms with Gasteiger partial charge in [-0.05, 0) is 42.1 Å². The lowest BCUT2D eigenvalue weighted by atomic mass is 9.99. The van der Waals surface area contributed by atoms with Gasteiger partial charge in [0.05, 0.1) is 0 Å². The van der Waals surface area contributed by atoms with Crippen molar-refractivity contribution in [3.8, 4) is 0 Å². The third kappa shape index (κ3) is 9.45. The van der Waals surface area contributed by atoms with Gasteiger partial charge < -0.3 is 0 Å². The molecule has 1 heteroatoms. The first-order chi connectivity index (χ1) is 7.47. The van der Waals surface area contributed by atoms with Gasteiger partial charge in [0.15, 0.2) is 0 Å². The van der Waals surface area contributed by atoms with Crippen molar-refractivity contribution in [3.63, 3.8) is 0 Å². The molecule has 0 N–H and O–H groups in total. The van der Waals surface area contributed by atoms with E-state index in [0.717, 1.165) is 18.4 Å². The Bertz CT molecular complexity index is 257. The second-order valence-electron chi connectivity index (χ2n) is 3.79. The summed E-state index contributed by atoms with van der Waals surface area (Å²) in [4.78, 5) is 0. The Morgan fingerprint density at radius 2 is 1.75 bits per heavy atom. The average molecular weight is 224 g/mol. The summed E-state index contributed by atoms with van der Waals surface area (Å²) in [6.45, 7) is 19.3. The van der Waals surface area contributed by atoms with Crippen molar-refractivity contribution in [2.45, 2.75) is 40.5 Å². The van der Waals surface area contributed by atoms with E-state index in [-0.39, 0.29) is 5.83 Å². The zero-order valence-electron chi connectivity index (χ0n) is 11.1. The van der Waals surface area contributed by atoms with Crippen molar-refractivity contribution in [1.82, 2.24) is 0 Å². The molecule has 0 aromatic heterocycles. The molecule has 0 aromatic rings. The van der Waals surface area contributed by atoms with Crippen LogP contribution in [-0.4, -0.2) is 0 Å². The molecule has 0 saturated carbocycles. The van der Waals surface area contributed by atoms with Crippen LogP contribution in [0.4, 0.5) is 4.39 Å². The monoisotopic (exact) mass is 224 g/mol. The lowest BCUT2D eigenvalue weighted by Gasteiger charge is -2.07. The molecule has 0 bridgehead atoms. The molecule has 16 heavy (non-hydrogen) atoms. The van der Waals surface area contributed by atoms with Crippen LogP contribution in [0, 0.1) is 5.92 Å². The molecule has 0 aliphatic carbocycles. The number of halogens is 1. The minimum atomic E-state index is -0.360. The van der Waals surface area contributed by atoms with Crippen molar-refractivity contribution in [3.05, 3.63) is 48.9 Å². The van der Waals surface area contributed by atoms with Gasteiger partial charge in [0.25, 0.3) is 0 Å². The van der Waals surface area contributed by atoms with E-state index >= 15 is 0 Å². The molecular formula is C15H25F. The van der Waals surface area contributed by atoms with Crippen molar-refractivity contribution >= 4 is 0 Å². The molecular weight excluding hydrogens is 199 g/mol. The molecule has 0 atom stereocenters. The molecule has 0 rings (SSSR count). The number of rotatable bonds is 6. The average Bonchev–Trinajstić information content (AvgIpc) is 2.28. The second kappa shape index (κ2) is 10.4. The highest BCUT2D eigenvalue weighted by Crippen LogP contribution is 2.18. The lowest BCUT2D eigenvalue weighted by Crippen LogP contribution is -1.90. The Morgan fingerprint density at radius 3 is 2.12 bits per heavy atom. The number of hydrogen-bond donors (Lipinski definition) is 0. The van der Waals surface area contributed by atoms with Crippen molar-refractivity contribution in [1.29, 1.82) is 0 Å². The largest absolute Gasteiger partial charge is 0.207 e. The molecule has 0 fully saturated rings. The maximum Gasteiger partial charge on any atom is 0.123 e. The molecule has 0 radical (unpaired) electrons. The van der Waals surface area contributed by atoms with Gasteiger partial charge in [0, 0.05) is 0 Å². The summed E-state index contributed by atoms with van der Waals surface area (Å²) in [5.41, 5.74) is 1.55. The first kappa shape index (κ1) is 17.3. The molecule has 0 heterocycles. The fraction of sp³-hybridized carbons (Fsp3) is 0.467. The Labute approximate surface area is 100 Å². The zero-order valence-corrected chi connectivity index (χ0v) is 11.1. The van der Waals surface area contributed by atoms with E-state index in [1.54, 1.807) is 0 Å². The van der Waals surface area contributed by atoms with Crippen LogP contribution in [0.5, 0.6) is 0 Å². The predicted octanol–water partition coefficient (Wildman–Crippen LogP) is 5.60. The van der Waals surface area contributed by atoms with E-state index in [1.807, 2.05) is 13.8 Å². The fourth-order valence-electron chi connectivity index (χ4n) is 0.951. The standard InChI is InChI=1S/C13H19F.C2H6/c1-6-13(14)9-12(5)11(4)8-7-10(2)3;1-2/h6,9-10H,1,4-5,7-8H2,2-3H3;1-2H3/b13-9+;. The third-order valence-electron chi connectivity index (χ3n) is 1.98. The number of allylic oxidation sites excluding steroid dienone is 5. The van der Waals surface area contributed by atoms with E-state index < -0.39 is 0 Å². The summed E-state index contributed by atoms with van der Waals surface area (Å²) in [5.74, 6) is 0.272. The van der Waals surface area contributed by atoms with Crippen LogP contribution in [0.25, 0.3) is 0 Å². The Hall–Kier alpha value is -1.11. The molecule has 0 aliphatic heterocycles. The highest BCUT2D eigenvalue weighted by Gasteiger charge is 2.01. The fourth-order valence-corrected chi connectivity index (χ4v) is 0.951. The van der Waals surface area contributed by atoms with Gasteiger partial charge in [-0.1, -0.05) is 47.4 Å². The predicted molar refractivity (Wildman–Crippen MR) is 73.1 cm³/mol. The molecule has 92 valence electrons. The number of hydrogen-bond acceptors (Lipinski definition) is 0. The van der Waals surface area contributed by atoms with Gasteiger partial charge >= 0.3 is 0 Å². The van der Waals surface area contributed by atoms with Crippen LogP contribution in [0.2, 0.25) is 0 Å². The Kier molecular flexibility index (Phi) is 11.2. The van der Waals surface area contributed by atoms with Crippen molar-refractivity contribution < 1.29 is 4.39 Å². The van der Waals surface area contributed by atoms with Gasteiger partial charge in [-0.15, -0.1) is 0 Å². The van der Waals surface area contributed by atoms with Gasteiger partial charge in [0.1, 0.15) is 5.83 Å². The normalized spacial score (nSPS) is 10.5. The van der Waals surface area contributed by atoms with E-state index in [1.165, 1.54) is 12.2 Å². The minimum Gasteiger partial charge on any atom is -0.207 e. The van der Waals surface area contributed by atoms with Gasteiger partial charge in [-0.25, -0.2) is 4.39 Å². The highest BCUT2D eigenvalue weighted by molar-refractivity contribution is 5.37. The Morgan fingerprint density at radius 1 is 1.25 bits per heavy atom. The summed E-state index contributed by atoms with van der Waals surface area (Å²) in [5, 5.41) is 0. The third-order valence-corrected chi connectivity index (χ3v) is 1.98. The first-order valence-corrected chi connectivity index (χ1v) is 5.84. The molecule has 0 nitrogen and oxygen atoms in total. The molecule has 0 unspecified atom stereocenters. The molecule has 0 aliphatic rings. The summed E-state index contributed by atoms with van der Waals surface area (Å²) in [6.07, 6.45) is 4.47. The molecule has 0 amide bonds. The molecule has 0 saturated heterocycles. The SMILES string of the molecule is C=C/C(F)=C\C(=C)C(=C)CCC(C)C.CC. The molecule has 0 aromatic carbocycles. The smallest absolute Gasteiger partial charge is 0.123 e. The van der Waals surface area contributed by atoms with Crippen LogP contribution >= 0.6 is 0 Å². The quantitative estimate of drug-likeness (QED) is 0.515. The van der Waals surface area contributed by atoms with Crippen molar-refractivity contribution in [2.75, 3.05) is 0 Å². The lowest BCUT2D eigenvalue weighted by molar-refractivity contribution is 0.587. The van der Waals surface area contributed by atoms with Gasteiger partial charge in [-0.2, -0.15) is 0 Å². The minimum absolute atomic E-state index is 0.360. The topological polar surface area (TPSA) is 0 Å². The summed E-state index contributed by atoms with van der Waals surface area (Å²) < 4.78 is 12.8. The summed E-state index contributed by atoms with van der Waals surface area (Å²) in [7, 11) is 0. The Balaban J connectivity index is 0.